The lowest BCUT2D eigenvalue weighted by molar-refractivity contribution is -0.137. The normalized spacial score (nSPS) is 13.7. The van der Waals surface area contributed by atoms with Gasteiger partial charge in [-0.15, -0.1) is 0 Å². The van der Waals surface area contributed by atoms with E-state index in [4.69, 9.17) is 4.74 Å². The largest absolute Gasteiger partial charge is 0.462 e. The summed E-state index contributed by atoms with van der Waals surface area (Å²) in [6, 6.07) is 8.65. The van der Waals surface area contributed by atoms with E-state index in [-0.39, 0.29) is 29.2 Å². The van der Waals surface area contributed by atoms with Crippen molar-refractivity contribution in [2.24, 2.45) is 0 Å². The highest BCUT2D eigenvalue weighted by atomic mass is 19.4. The Labute approximate surface area is 203 Å². The van der Waals surface area contributed by atoms with Gasteiger partial charge in [0.1, 0.15) is 11.3 Å². The van der Waals surface area contributed by atoms with Crippen molar-refractivity contribution in [1.29, 1.82) is 0 Å². The zero-order chi connectivity index (χ0) is 25.6. The number of alkyl halides is 3. The highest BCUT2D eigenvalue weighted by molar-refractivity contribution is 6.12. The number of rotatable bonds is 4. The van der Waals surface area contributed by atoms with Crippen LogP contribution in [0.5, 0.6) is 0 Å². The van der Waals surface area contributed by atoms with E-state index in [9.17, 15) is 22.8 Å². The van der Waals surface area contributed by atoms with Gasteiger partial charge in [-0.2, -0.15) is 18.3 Å². The lowest BCUT2D eigenvalue weighted by atomic mass is 10.1. The van der Waals surface area contributed by atoms with Gasteiger partial charge in [-0.05, 0) is 55.8 Å². The maximum absolute atomic E-state index is 13.3. The minimum atomic E-state index is -4.44. The molecule has 0 saturated heterocycles. The van der Waals surface area contributed by atoms with Crippen LogP contribution in [-0.2, 0) is 17.5 Å². The first kappa shape index (κ1) is 23.5. The van der Waals surface area contributed by atoms with E-state index < -0.39 is 17.7 Å². The first-order chi connectivity index (χ1) is 17.2. The number of halogens is 3. The van der Waals surface area contributed by atoms with Crippen molar-refractivity contribution in [3.8, 4) is 11.4 Å². The Kier molecular flexibility index (Phi) is 5.70. The van der Waals surface area contributed by atoms with E-state index in [0.717, 1.165) is 17.7 Å². The van der Waals surface area contributed by atoms with Gasteiger partial charge >= 0.3 is 12.1 Å². The first-order valence-corrected chi connectivity index (χ1v) is 11.2. The second kappa shape index (κ2) is 8.74. The predicted molar refractivity (Wildman–Crippen MR) is 125 cm³/mol. The summed E-state index contributed by atoms with van der Waals surface area (Å²) in [7, 11) is 0. The molecule has 0 atom stereocenters. The molecule has 0 radical (unpaired) electrons. The van der Waals surface area contributed by atoms with E-state index in [2.05, 4.69) is 15.1 Å². The number of anilines is 1. The molecule has 0 N–H and O–H groups in total. The number of hydrogen-bond acceptors (Lipinski definition) is 6. The lowest BCUT2D eigenvalue weighted by Crippen LogP contribution is -2.41. The number of aromatic nitrogens is 4. The lowest BCUT2D eigenvalue weighted by Gasteiger charge is -2.29. The Hall–Kier alpha value is -4.28. The van der Waals surface area contributed by atoms with Crippen molar-refractivity contribution >= 4 is 28.5 Å². The van der Waals surface area contributed by atoms with Crippen LogP contribution in [0.3, 0.4) is 0 Å². The molecule has 2 aromatic heterocycles. The number of ether oxygens (including phenoxy) is 1. The molecule has 0 aliphatic carbocycles. The number of carbonyl (C=O) groups is 2. The average molecular weight is 495 g/mol. The fourth-order valence-electron chi connectivity index (χ4n) is 4.24. The van der Waals surface area contributed by atoms with Crippen molar-refractivity contribution in [3.63, 3.8) is 0 Å². The first-order valence-electron chi connectivity index (χ1n) is 11.2. The van der Waals surface area contributed by atoms with Gasteiger partial charge in [0.05, 0.1) is 30.4 Å². The molecule has 0 unspecified atom stereocenters. The van der Waals surface area contributed by atoms with Crippen molar-refractivity contribution in [1.82, 2.24) is 19.7 Å². The van der Waals surface area contributed by atoms with Crippen LogP contribution in [0.1, 0.15) is 38.9 Å². The number of aryl methyl sites for hydroxylation is 1. The Morgan fingerprint density at radius 3 is 2.64 bits per heavy atom. The summed E-state index contributed by atoms with van der Waals surface area (Å²) in [6.45, 7) is 4.48. The molecule has 5 rings (SSSR count). The Morgan fingerprint density at radius 2 is 1.92 bits per heavy atom. The fraction of sp³-hybridized carbons (Fsp3) is 0.240. The van der Waals surface area contributed by atoms with Gasteiger partial charge in [0, 0.05) is 29.4 Å². The molecule has 0 spiro atoms. The number of benzene rings is 2. The summed E-state index contributed by atoms with van der Waals surface area (Å²) >= 11 is 0. The summed E-state index contributed by atoms with van der Waals surface area (Å²) < 4.78 is 45.5. The minimum Gasteiger partial charge on any atom is -0.462 e. The topological polar surface area (TPSA) is 90.2 Å². The highest BCUT2D eigenvalue weighted by Gasteiger charge is 2.33. The average Bonchev–Trinajstić information content (AvgIpc) is 3.29. The molecule has 11 heteroatoms. The van der Waals surface area contributed by atoms with Gasteiger partial charge < -0.3 is 9.64 Å². The van der Waals surface area contributed by atoms with Crippen molar-refractivity contribution in [3.05, 3.63) is 71.2 Å². The molecule has 2 aromatic carbocycles. The molecule has 0 saturated carbocycles. The van der Waals surface area contributed by atoms with Crippen molar-refractivity contribution < 1.29 is 27.5 Å². The molecule has 1 amide bonds. The maximum atomic E-state index is 13.3. The molecule has 36 heavy (non-hydrogen) atoms. The second-order valence-electron chi connectivity index (χ2n) is 8.27. The van der Waals surface area contributed by atoms with Crippen LogP contribution in [0, 0.1) is 6.92 Å². The summed E-state index contributed by atoms with van der Waals surface area (Å²) in [6.07, 6.45) is -1.73. The van der Waals surface area contributed by atoms with E-state index >= 15 is 0 Å². The third-order valence-electron chi connectivity index (χ3n) is 5.97. The smallest absolute Gasteiger partial charge is 0.416 e. The molecule has 0 fully saturated rings. The molecular weight excluding hydrogens is 475 g/mol. The van der Waals surface area contributed by atoms with Gasteiger partial charge in [-0.25, -0.2) is 14.8 Å². The van der Waals surface area contributed by atoms with E-state index in [1.165, 1.54) is 23.1 Å². The molecule has 8 nitrogen and oxygen atoms in total. The summed E-state index contributed by atoms with van der Waals surface area (Å²) in [5, 5.41) is 4.43. The SMILES string of the molecule is CCOC(=O)c1cnn2c1C(=O)N(c1ccc(-c3ncc4cc(C(F)(F)F)ccc4n3)cc1C)CC2. The van der Waals surface area contributed by atoms with Gasteiger partial charge in [-0.3, -0.25) is 9.48 Å². The number of esters is 1. The number of amides is 1. The second-order valence-corrected chi connectivity index (χ2v) is 8.27. The Morgan fingerprint density at radius 1 is 1.11 bits per heavy atom. The number of nitrogens with zero attached hydrogens (tertiary/aromatic N) is 5. The molecule has 0 bridgehead atoms. The van der Waals surface area contributed by atoms with E-state index in [1.807, 2.05) is 13.0 Å². The van der Waals surface area contributed by atoms with Crippen LogP contribution < -0.4 is 4.90 Å². The van der Waals surface area contributed by atoms with Crippen LogP contribution in [0.15, 0.2) is 48.8 Å². The summed E-state index contributed by atoms with van der Waals surface area (Å²) in [5.74, 6) is -0.610. The van der Waals surface area contributed by atoms with E-state index in [1.54, 1.807) is 24.0 Å². The standard InChI is InChI=1S/C25H20F3N5O3/c1-3-36-24(35)18-13-30-33-9-8-32(23(34)21(18)33)20-7-4-15(10-14(20)2)22-29-12-16-11-17(25(26,27)28)5-6-19(16)31-22/h4-7,10-13H,3,8-9H2,1-2H3. The Bertz CT molecular complexity index is 1510. The zero-order valence-corrected chi connectivity index (χ0v) is 19.3. The fourth-order valence-corrected chi connectivity index (χ4v) is 4.24. The highest BCUT2D eigenvalue weighted by Crippen LogP contribution is 2.32. The van der Waals surface area contributed by atoms with Crippen LogP contribution in [-0.4, -0.2) is 44.8 Å². The zero-order valence-electron chi connectivity index (χ0n) is 19.3. The van der Waals surface area contributed by atoms with Gasteiger partial charge in [0.25, 0.3) is 5.91 Å². The maximum Gasteiger partial charge on any atom is 0.416 e. The quantitative estimate of drug-likeness (QED) is 0.383. The van der Waals surface area contributed by atoms with Crippen LogP contribution in [0.25, 0.3) is 22.3 Å². The van der Waals surface area contributed by atoms with Gasteiger partial charge in [0.2, 0.25) is 0 Å². The summed E-state index contributed by atoms with van der Waals surface area (Å²) in [4.78, 5) is 35.8. The third-order valence-corrected chi connectivity index (χ3v) is 5.97. The molecule has 4 aromatic rings. The van der Waals surface area contributed by atoms with Gasteiger partial charge in [0.15, 0.2) is 5.82 Å². The predicted octanol–water partition coefficient (Wildman–Crippen LogP) is 4.66. The third kappa shape index (κ3) is 4.06. The van der Waals surface area contributed by atoms with Crippen LogP contribution in [0.2, 0.25) is 0 Å². The van der Waals surface area contributed by atoms with Crippen molar-refractivity contribution in [2.45, 2.75) is 26.6 Å². The molecular formula is C25H20F3N5O3. The van der Waals surface area contributed by atoms with Crippen LogP contribution >= 0.6 is 0 Å². The Balaban J connectivity index is 1.45. The number of carbonyl (C=O) groups excluding carboxylic acids is 2. The number of fused-ring (bicyclic) bond motifs is 2. The molecule has 1 aliphatic heterocycles. The summed E-state index contributed by atoms with van der Waals surface area (Å²) in [5.41, 5.74) is 2.01. The molecule has 1 aliphatic rings. The van der Waals surface area contributed by atoms with Gasteiger partial charge in [-0.1, -0.05) is 0 Å². The minimum absolute atomic E-state index is 0.124. The molecule has 184 valence electrons. The van der Waals surface area contributed by atoms with Crippen LogP contribution in [0.4, 0.5) is 18.9 Å². The monoisotopic (exact) mass is 495 g/mol. The van der Waals surface area contributed by atoms with Crippen molar-refractivity contribution in [2.75, 3.05) is 18.1 Å². The number of hydrogen-bond donors (Lipinski definition) is 0. The van der Waals surface area contributed by atoms with E-state index in [0.29, 0.717) is 35.7 Å². The molecule has 3 heterocycles.